The number of carboxylic acid groups (broad SMARTS) is 1. The molecule has 0 aromatic rings. The predicted octanol–water partition coefficient (Wildman–Crippen LogP) is -0.0958. The van der Waals surface area contributed by atoms with Crippen molar-refractivity contribution in [3.05, 3.63) is 0 Å². The van der Waals surface area contributed by atoms with Crippen LogP contribution in [0.1, 0.15) is 19.3 Å². The van der Waals surface area contributed by atoms with E-state index in [9.17, 15) is 9.59 Å². The minimum Gasteiger partial charge on any atom is -0.481 e. The van der Waals surface area contributed by atoms with Crippen molar-refractivity contribution in [1.29, 1.82) is 0 Å². The van der Waals surface area contributed by atoms with Gasteiger partial charge in [-0.2, -0.15) is 5.90 Å². The summed E-state index contributed by atoms with van der Waals surface area (Å²) in [7, 11) is 0. The fraction of sp³-hybridized carbons (Fsp3) is 0.714. The molecule has 0 aromatic heterocycles. The number of carbonyl (C=O) groups is 2. The number of carbonyl (C=O) groups excluding carboxylic acids is 1. The quantitative estimate of drug-likeness (QED) is 0.569. The normalized spacial score (nSPS) is 28.4. The van der Waals surface area contributed by atoms with E-state index in [1.807, 2.05) is 0 Å². The van der Waals surface area contributed by atoms with Crippen molar-refractivity contribution >= 4 is 11.9 Å². The molecule has 0 aliphatic heterocycles. The van der Waals surface area contributed by atoms with Gasteiger partial charge in [-0.15, -0.1) is 0 Å². The van der Waals surface area contributed by atoms with Gasteiger partial charge in [0.25, 0.3) is 0 Å². The van der Waals surface area contributed by atoms with Crippen LogP contribution in [0.3, 0.4) is 0 Å². The molecule has 68 valence electrons. The third-order valence-corrected chi connectivity index (χ3v) is 2.23. The summed E-state index contributed by atoms with van der Waals surface area (Å²) in [5.41, 5.74) is 0. The van der Waals surface area contributed by atoms with E-state index in [0.717, 1.165) is 0 Å². The van der Waals surface area contributed by atoms with Crippen LogP contribution in [0.15, 0.2) is 0 Å². The Bertz CT molecular complexity index is 204. The van der Waals surface area contributed by atoms with Crippen molar-refractivity contribution in [2.45, 2.75) is 19.3 Å². The number of hydrogen-bond donors (Lipinski definition) is 2. The Labute approximate surface area is 69.4 Å². The van der Waals surface area contributed by atoms with Gasteiger partial charge in [-0.3, -0.25) is 9.59 Å². The molecule has 1 saturated carbocycles. The van der Waals surface area contributed by atoms with Crippen LogP contribution < -0.4 is 5.90 Å². The monoisotopic (exact) mass is 173 g/mol. The van der Waals surface area contributed by atoms with E-state index >= 15 is 0 Å². The van der Waals surface area contributed by atoms with E-state index in [4.69, 9.17) is 5.11 Å². The lowest BCUT2D eigenvalue weighted by molar-refractivity contribution is -0.149. The van der Waals surface area contributed by atoms with Crippen molar-refractivity contribution in [3.8, 4) is 0 Å². The van der Waals surface area contributed by atoms with E-state index in [-0.39, 0.29) is 5.92 Å². The molecule has 0 aromatic carbocycles. The third kappa shape index (κ3) is 1.73. The van der Waals surface area contributed by atoms with Crippen LogP contribution in [0, 0.1) is 11.8 Å². The second-order valence-corrected chi connectivity index (χ2v) is 2.98. The van der Waals surface area contributed by atoms with Gasteiger partial charge in [0.1, 0.15) is 0 Å². The van der Waals surface area contributed by atoms with Crippen molar-refractivity contribution in [1.82, 2.24) is 0 Å². The maximum absolute atomic E-state index is 10.8. The summed E-state index contributed by atoms with van der Waals surface area (Å²) >= 11 is 0. The van der Waals surface area contributed by atoms with Gasteiger partial charge >= 0.3 is 11.9 Å². The zero-order valence-electron chi connectivity index (χ0n) is 6.53. The van der Waals surface area contributed by atoms with E-state index in [1.165, 1.54) is 0 Å². The summed E-state index contributed by atoms with van der Waals surface area (Å²) in [5, 5.41) is 8.60. The SMILES string of the molecule is NOC(=O)[C@H]1CC[C@H](C(=O)O)C1. The molecule has 0 amide bonds. The molecule has 5 heteroatoms. The Kier molecular flexibility index (Phi) is 2.65. The molecule has 0 saturated heterocycles. The van der Waals surface area contributed by atoms with Gasteiger partial charge < -0.3 is 9.94 Å². The highest BCUT2D eigenvalue weighted by Crippen LogP contribution is 2.31. The van der Waals surface area contributed by atoms with Gasteiger partial charge in [-0.25, -0.2) is 0 Å². The summed E-state index contributed by atoms with van der Waals surface area (Å²) in [6.45, 7) is 0. The molecule has 5 nitrogen and oxygen atoms in total. The lowest BCUT2D eigenvalue weighted by Gasteiger charge is -2.04. The van der Waals surface area contributed by atoms with Gasteiger partial charge in [-0.1, -0.05) is 0 Å². The van der Waals surface area contributed by atoms with Crippen LogP contribution in [-0.4, -0.2) is 17.0 Å². The number of carboxylic acids is 1. The highest BCUT2D eigenvalue weighted by atomic mass is 16.7. The van der Waals surface area contributed by atoms with Crippen LogP contribution in [0.5, 0.6) is 0 Å². The molecule has 1 fully saturated rings. The third-order valence-electron chi connectivity index (χ3n) is 2.23. The molecular weight excluding hydrogens is 162 g/mol. The molecule has 12 heavy (non-hydrogen) atoms. The first-order valence-corrected chi connectivity index (χ1v) is 3.78. The Morgan fingerprint density at radius 2 is 1.92 bits per heavy atom. The zero-order chi connectivity index (χ0) is 9.14. The smallest absolute Gasteiger partial charge is 0.327 e. The first-order valence-electron chi connectivity index (χ1n) is 3.78. The summed E-state index contributed by atoms with van der Waals surface area (Å²) in [6.07, 6.45) is 1.45. The second-order valence-electron chi connectivity index (χ2n) is 2.98. The average molecular weight is 173 g/mol. The zero-order valence-corrected chi connectivity index (χ0v) is 6.53. The minimum absolute atomic E-state index is 0.323. The summed E-state index contributed by atoms with van der Waals surface area (Å²) < 4.78 is 0. The lowest BCUT2D eigenvalue weighted by atomic mass is 10.1. The number of hydrogen-bond acceptors (Lipinski definition) is 4. The minimum atomic E-state index is -0.845. The Morgan fingerprint density at radius 1 is 1.33 bits per heavy atom. The maximum atomic E-state index is 10.8. The topological polar surface area (TPSA) is 89.6 Å². The molecular formula is C7H11NO4. The standard InChI is InChI=1S/C7H11NO4/c8-12-7(11)5-2-1-4(3-5)6(9)10/h4-5H,1-3,8H2,(H,9,10)/t4-,5-/m0/s1. The van der Waals surface area contributed by atoms with Crippen LogP contribution in [0.4, 0.5) is 0 Å². The fourth-order valence-corrected chi connectivity index (χ4v) is 1.52. The van der Waals surface area contributed by atoms with Gasteiger partial charge in [0.05, 0.1) is 11.8 Å². The number of aliphatic carboxylic acids is 1. The van der Waals surface area contributed by atoms with Gasteiger partial charge in [-0.05, 0) is 19.3 Å². The van der Waals surface area contributed by atoms with E-state index in [1.54, 1.807) is 0 Å². The van der Waals surface area contributed by atoms with Crippen molar-refractivity contribution < 1.29 is 19.5 Å². The lowest BCUT2D eigenvalue weighted by Crippen LogP contribution is -2.19. The Balaban J connectivity index is 2.45. The Morgan fingerprint density at radius 3 is 2.33 bits per heavy atom. The van der Waals surface area contributed by atoms with Crippen LogP contribution >= 0.6 is 0 Å². The molecule has 2 atom stereocenters. The largest absolute Gasteiger partial charge is 0.481 e. The summed E-state index contributed by atoms with van der Waals surface area (Å²) in [6, 6.07) is 0. The molecule has 0 unspecified atom stereocenters. The summed E-state index contributed by atoms with van der Waals surface area (Å²) in [4.78, 5) is 25.3. The van der Waals surface area contributed by atoms with Crippen molar-refractivity contribution in [3.63, 3.8) is 0 Å². The first-order chi connectivity index (χ1) is 5.65. The van der Waals surface area contributed by atoms with Crippen LogP contribution in [0.25, 0.3) is 0 Å². The second kappa shape index (κ2) is 3.53. The molecule has 3 N–H and O–H groups in total. The van der Waals surface area contributed by atoms with Gasteiger partial charge in [0, 0.05) is 0 Å². The van der Waals surface area contributed by atoms with E-state index in [0.29, 0.717) is 19.3 Å². The van der Waals surface area contributed by atoms with Crippen LogP contribution in [-0.2, 0) is 14.4 Å². The first kappa shape index (κ1) is 8.99. The van der Waals surface area contributed by atoms with Crippen molar-refractivity contribution in [2.24, 2.45) is 17.7 Å². The molecule has 1 aliphatic rings. The molecule has 1 rings (SSSR count). The molecule has 0 radical (unpaired) electrons. The molecule has 0 bridgehead atoms. The average Bonchev–Trinajstić information content (AvgIpc) is 2.51. The maximum Gasteiger partial charge on any atom is 0.327 e. The van der Waals surface area contributed by atoms with Gasteiger partial charge in [0.15, 0.2) is 0 Å². The summed E-state index contributed by atoms with van der Waals surface area (Å²) in [5.74, 6) is 2.60. The molecule has 0 heterocycles. The van der Waals surface area contributed by atoms with E-state index in [2.05, 4.69) is 10.7 Å². The van der Waals surface area contributed by atoms with E-state index < -0.39 is 17.9 Å². The number of nitrogens with two attached hydrogens (primary N) is 1. The predicted molar refractivity (Wildman–Crippen MR) is 38.7 cm³/mol. The highest BCUT2D eigenvalue weighted by molar-refractivity contribution is 5.76. The van der Waals surface area contributed by atoms with Gasteiger partial charge in [0.2, 0.25) is 0 Å². The highest BCUT2D eigenvalue weighted by Gasteiger charge is 2.34. The molecule has 1 aliphatic carbocycles. The fourth-order valence-electron chi connectivity index (χ4n) is 1.52. The van der Waals surface area contributed by atoms with Crippen molar-refractivity contribution in [2.75, 3.05) is 0 Å². The Hall–Kier alpha value is -1.10. The van der Waals surface area contributed by atoms with Crippen LogP contribution in [0.2, 0.25) is 0 Å². The molecule has 0 spiro atoms. The number of rotatable bonds is 2.